The molecule has 0 bridgehead atoms. The number of methoxy groups -OCH3 is 1. The third kappa shape index (κ3) is 3.60. The highest BCUT2D eigenvalue weighted by Crippen LogP contribution is 2.29. The molecular weight excluding hydrogens is 424 g/mol. The second-order valence-electron chi connectivity index (χ2n) is 8.56. The van der Waals surface area contributed by atoms with Crippen molar-refractivity contribution in [1.82, 2.24) is 29.5 Å². The molecule has 2 aromatic carbocycles. The lowest BCUT2D eigenvalue weighted by atomic mass is 9.98. The Kier molecular flexibility index (Phi) is 5.04. The van der Waals surface area contributed by atoms with Crippen molar-refractivity contribution in [3.05, 3.63) is 102 Å². The van der Waals surface area contributed by atoms with Crippen LogP contribution >= 0.6 is 0 Å². The molecule has 0 radical (unpaired) electrons. The molecule has 0 aliphatic heterocycles. The summed E-state index contributed by atoms with van der Waals surface area (Å²) in [4.78, 5) is 9.17. The highest BCUT2D eigenvalue weighted by atomic mass is 16.5. The van der Waals surface area contributed by atoms with Crippen LogP contribution in [0.1, 0.15) is 23.0 Å². The smallest absolute Gasteiger partial charge is 0.112 e. The van der Waals surface area contributed by atoms with Crippen LogP contribution in [0.2, 0.25) is 0 Å². The number of aryl methyl sites for hydroxylation is 1. The second kappa shape index (κ2) is 8.35. The standard InChI is InChI=1S/C27H24N6O/c1-18-14-32(17-28-18)26-12-11-19(13-27(26)34-2)25-16-33(31-30-25)15-22-20-7-3-5-9-23(20)29-24-10-6-4-8-21(22)24/h3-14,16-17,26-27H,15H2,1-2H3. The Bertz CT molecular complexity index is 1510. The van der Waals surface area contributed by atoms with Crippen molar-refractivity contribution in [3.8, 4) is 0 Å². The molecule has 1 aliphatic rings. The van der Waals surface area contributed by atoms with Gasteiger partial charge in [-0.25, -0.2) is 14.6 Å². The van der Waals surface area contributed by atoms with Crippen LogP contribution in [0, 0.1) is 6.92 Å². The molecule has 3 heterocycles. The fraction of sp³-hybridized carbons (Fsp3) is 0.185. The molecule has 3 aromatic heterocycles. The third-order valence-corrected chi connectivity index (χ3v) is 6.35. The Morgan fingerprint density at radius 3 is 2.38 bits per heavy atom. The SMILES string of the molecule is COC1C=C(c2cn(Cc3c4ccccc4nc4ccccc34)nn2)C=CC1n1cnc(C)c1. The molecule has 6 rings (SSSR count). The molecular formula is C27H24N6O. The lowest BCUT2D eigenvalue weighted by Crippen LogP contribution is -2.24. The minimum atomic E-state index is -0.119. The summed E-state index contributed by atoms with van der Waals surface area (Å²) in [6.45, 7) is 2.60. The van der Waals surface area contributed by atoms with Crippen molar-refractivity contribution in [2.24, 2.45) is 0 Å². The largest absolute Gasteiger partial charge is 0.375 e. The quantitative estimate of drug-likeness (QED) is 0.363. The minimum absolute atomic E-state index is 0.0551. The average molecular weight is 449 g/mol. The van der Waals surface area contributed by atoms with E-state index < -0.39 is 0 Å². The summed E-state index contributed by atoms with van der Waals surface area (Å²) in [7, 11) is 1.73. The summed E-state index contributed by atoms with van der Waals surface area (Å²) in [5.41, 5.74) is 5.96. The predicted octanol–water partition coefficient (Wildman–Crippen LogP) is 4.74. The first-order chi connectivity index (χ1) is 16.7. The number of fused-ring (bicyclic) bond motifs is 2. The molecule has 2 unspecified atom stereocenters. The van der Waals surface area contributed by atoms with Crippen LogP contribution in [0.3, 0.4) is 0 Å². The molecule has 0 saturated heterocycles. The van der Waals surface area contributed by atoms with Gasteiger partial charge in [-0.15, -0.1) is 5.10 Å². The van der Waals surface area contributed by atoms with Gasteiger partial charge in [-0.2, -0.15) is 0 Å². The number of benzene rings is 2. The molecule has 0 saturated carbocycles. The number of hydrogen-bond acceptors (Lipinski definition) is 5. The van der Waals surface area contributed by atoms with Crippen molar-refractivity contribution >= 4 is 27.4 Å². The summed E-state index contributed by atoms with van der Waals surface area (Å²) in [6, 6.07) is 16.6. The summed E-state index contributed by atoms with van der Waals surface area (Å²) in [5.74, 6) is 0. The van der Waals surface area contributed by atoms with E-state index in [9.17, 15) is 0 Å². The fourth-order valence-electron chi connectivity index (χ4n) is 4.66. The summed E-state index contributed by atoms with van der Waals surface area (Å²) >= 11 is 0. The van der Waals surface area contributed by atoms with Gasteiger partial charge in [0.15, 0.2) is 0 Å². The van der Waals surface area contributed by atoms with Crippen LogP contribution in [-0.2, 0) is 11.3 Å². The number of para-hydroxylation sites is 2. The van der Waals surface area contributed by atoms with Gasteiger partial charge in [-0.05, 0) is 30.7 Å². The number of nitrogens with zero attached hydrogens (tertiary/aromatic N) is 6. The fourth-order valence-corrected chi connectivity index (χ4v) is 4.66. The van der Waals surface area contributed by atoms with Gasteiger partial charge >= 0.3 is 0 Å². The van der Waals surface area contributed by atoms with E-state index in [4.69, 9.17) is 9.72 Å². The van der Waals surface area contributed by atoms with Crippen LogP contribution in [0.15, 0.2) is 85.5 Å². The lowest BCUT2D eigenvalue weighted by molar-refractivity contribution is 0.109. The van der Waals surface area contributed by atoms with Gasteiger partial charge in [0, 0.05) is 29.7 Å². The lowest BCUT2D eigenvalue weighted by Gasteiger charge is -2.25. The van der Waals surface area contributed by atoms with E-state index in [1.807, 2.05) is 42.5 Å². The monoisotopic (exact) mass is 448 g/mol. The van der Waals surface area contributed by atoms with E-state index in [1.165, 1.54) is 5.56 Å². The Morgan fingerprint density at radius 1 is 0.971 bits per heavy atom. The van der Waals surface area contributed by atoms with E-state index in [2.05, 4.69) is 74.5 Å². The van der Waals surface area contributed by atoms with Gasteiger partial charge in [0.2, 0.25) is 0 Å². The number of allylic oxidation sites excluding steroid dienone is 2. The second-order valence-corrected chi connectivity index (χ2v) is 8.56. The summed E-state index contributed by atoms with van der Waals surface area (Å²) < 4.78 is 9.75. The van der Waals surface area contributed by atoms with Crippen LogP contribution in [-0.4, -0.2) is 42.7 Å². The molecule has 0 amide bonds. The predicted molar refractivity (Wildman–Crippen MR) is 132 cm³/mol. The van der Waals surface area contributed by atoms with Gasteiger partial charge < -0.3 is 9.30 Å². The molecule has 0 spiro atoms. The van der Waals surface area contributed by atoms with Crippen molar-refractivity contribution in [2.75, 3.05) is 7.11 Å². The molecule has 168 valence electrons. The Balaban J connectivity index is 1.33. The number of imidazole rings is 1. The summed E-state index contributed by atoms with van der Waals surface area (Å²) in [6.07, 6.45) is 12.1. The number of rotatable bonds is 5. The number of aromatic nitrogens is 6. The van der Waals surface area contributed by atoms with Crippen molar-refractivity contribution in [2.45, 2.75) is 25.6 Å². The van der Waals surface area contributed by atoms with Crippen molar-refractivity contribution < 1.29 is 4.74 Å². The minimum Gasteiger partial charge on any atom is -0.375 e. The van der Waals surface area contributed by atoms with E-state index in [-0.39, 0.29) is 12.1 Å². The molecule has 7 heteroatoms. The zero-order chi connectivity index (χ0) is 23.1. The Labute approximate surface area is 197 Å². The van der Waals surface area contributed by atoms with Gasteiger partial charge in [-0.1, -0.05) is 53.8 Å². The van der Waals surface area contributed by atoms with E-state index in [1.54, 1.807) is 7.11 Å². The molecule has 7 nitrogen and oxygen atoms in total. The van der Waals surface area contributed by atoms with Gasteiger partial charge in [-0.3, -0.25) is 0 Å². The summed E-state index contributed by atoms with van der Waals surface area (Å²) in [5, 5.41) is 11.2. The maximum Gasteiger partial charge on any atom is 0.112 e. The number of hydrogen-bond donors (Lipinski definition) is 0. The van der Waals surface area contributed by atoms with E-state index >= 15 is 0 Å². The Morgan fingerprint density at radius 2 is 1.71 bits per heavy atom. The van der Waals surface area contributed by atoms with E-state index in [0.29, 0.717) is 6.54 Å². The van der Waals surface area contributed by atoms with Gasteiger partial charge in [0.1, 0.15) is 11.8 Å². The average Bonchev–Trinajstić information content (AvgIpc) is 3.52. The van der Waals surface area contributed by atoms with Crippen LogP contribution in [0.5, 0.6) is 0 Å². The van der Waals surface area contributed by atoms with Gasteiger partial charge in [0.05, 0.1) is 41.8 Å². The molecule has 5 aromatic rings. The first kappa shape index (κ1) is 20.5. The van der Waals surface area contributed by atoms with Gasteiger partial charge in [0.25, 0.3) is 0 Å². The molecule has 1 aliphatic carbocycles. The first-order valence-corrected chi connectivity index (χ1v) is 11.3. The molecule has 2 atom stereocenters. The Hall–Kier alpha value is -4.10. The number of ether oxygens (including phenoxy) is 1. The van der Waals surface area contributed by atoms with Crippen LogP contribution in [0.4, 0.5) is 0 Å². The normalized spacial score (nSPS) is 18.0. The zero-order valence-electron chi connectivity index (χ0n) is 19.0. The highest BCUT2D eigenvalue weighted by molar-refractivity contribution is 5.97. The topological polar surface area (TPSA) is 70.7 Å². The molecule has 0 fully saturated rings. The maximum absolute atomic E-state index is 5.78. The van der Waals surface area contributed by atoms with E-state index in [0.717, 1.165) is 38.8 Å². The first-order valence-electron chi connectivity index (χ1n) is 11.3. The highest BCUT2D eigenvalue weighted by Gasteiger charge is 2.24. The zero-order valence-corrected chi connectivity index (χ0v) is 19.0. The van der Waals surface area contributed by atoms with Crippen LogP contribution in [0.25, 0.3) is 27.4 Å². The maximum atomic E-state index is 5.78. The van der Waals surface area contributed by atoms with Crippen LogP contribution < -0.4 is 0 Å². The molecule has 0 N–H and O–H groups in total. The van der Waals surface area contributed by atoms with Crippen molar-refractivity contribution in [3.63, 3.8) is 0 Å². The van der Waals surface area contributed by atoms with Crippen molar-refractivity contribution in [1.29, 1.82) is 0 Å². The number of pyridine rings is 1. The third-order valence-electron chi connectivity index (χ3n) is 6.35. The molecule has 34 heavy (non-hydrogen) atoms.